The number of rotatable bonds is 8. The summed E-state index contributed by atoms with van der Waals surface area (Å²) in [7, 11) is 0. The summed E-state index contributed by atoms with van der Waals surface area (Å²) < 4.78 is 0. The predicted molar refractivity (Wildman–Crippen MR) is 52.7 cm³/mol. The Hall–Kier alpha value is -0.860. The molecule has 0 saturated heterocycles. The Balaban J connectivity index is 3.01. The van der Waals surface area contributed by atoms with Crippen molar-refractivity contribution < 1.29 is 4.84 Å². The first-order chi connectivity index (χ1) is 5.91. The van der Waals surface area contributed by atoms with Crippen molar-refractivity contribution in [2.45, 2.75) is 12.8 Å². The van der Waals surface area contributed by atoms with Gasteiger partial charge in [-0.15, -0.1) is 13.2 Å². The van der Waals surface area contributed by atoms with Gasteiger partial charge in [0.15, 0.2) is 0 Å². The van der Waals surface area contributed by atoms with Crippen molar-refractivity contribution in [3.05, 3.63) is 37.5 Å². The summed E-state index contributed by atoms with van der Waals surface area (Å²) in [5, 5.41) is 0. The van der Waals surface area contributed by atoms with E-state index in [1.807, 2.05) is 12.2 Å². The minimum Gasteiger partial charge on any atom is -0.297 e. The van der Waals surface area contributed by atoms with E-state index in [4.69, 9.17) is 4.84 Å². The van der Waals surface area contributed by atoms with Crippen molar-refractivity contribution in [1.29, 1.82) is 0 Å². The standard InChI is InChI=1S/C10H17NO/c1-3-5-6-7-8-10-12-11-9-4-2/h3-4,7-8,11H,1-2,5-6,9-10H2/b8-7+. The second-order valence-corrected chi connectivity index (χ2v) is 2.29. The van der Waals surface area contributed by atoms with Gasteiger partial charge in [0.2, 0.25) is 0 Å². The van der Waals surface area contributed by atoms with Gasteiger partial charge >= 0.3 is 0 Å². The van der Waals surface area contributed by atoms with Gasteiger partial charge in [0.25, 0.3) is 0 Å². The molecule has 1 N–H and O–H groups in total. The molecule has 0 aliphatic rings. The number of allylic oxidation sites excluding steroid dienone is 2. The van der Waals surface area contributed by atoms with Crippen LogP contribution in [-0.2, 0) is 4.84 Å². The van der Waals surface area contributed by atoms with Gasteiger partial charge in [0.1, 0.15) is 0 Å². The van der Waals surface area contributed by atoms with E-state index in [0.29, 0.717) is 13.2 Å². The van der Waals surface area contributed by atoms with E-state index < -0.39 is 0 Å². The molecule has 0 saturated carbocycles. The van der Waals surface area contributed by atoms with Crippen molar-refractivity contribution in [2.75, 3.05) is 13.2 Å². The molecule has 0 heterocycles. The van der Waals surface area contributed by atoms with Crippen molar-refractivity contribution >= 4 is 0 Å². The Morgan fingerprint density at radius 3 is 2.58 bits per heavy atom. The first-order valence-electron chi connectivity index (χ1n) is 4.13. The molecule has 0 unspecified atom stereocenters. The Kier molecular flexibility index (Phi) is 9.41. The molecule has 0 bridgehead atoms. The Bertz CT molecular complexity index is 141. The van der Waals surface area contributed by atoms with Gasteiger partial charge in [0, 0.05) is 6.54 Å². The smallest absolute Gasteiger partial charge is 0.0863 e. The minimum atomic E-state index is 0.602. The van der Waals surface area contributed by atoms with E-state index >= 15 is 0 Å². The van der Waals surface area contributed by atoms with E-state index in [-0.39, 0.29) is 0 Å². The number of unbranched alkanes of at least 4 members (excludes halogenated alkanes) is 1. The van der Waals surface area contributed by atoms with Gasteiger partial charge in [0.05, 0.1) is 6.61 Å². The lowest BCUT2D eigenvalue weighted by Crippen LogP contribution is -2.13. The summed E-state index contributed by atoms with van der Waals surface area (Å²) in [4.78, 5) is 5.02. The highest BCUT2D eigenvalue weighted by atomic mass is 16.6. The molecule has 0 spiro atoms. The average Bonchev–Trinajstić information content (AvgIpc) is 2.10. The molecule has 0 rings (SSSR count). The van der Waals surface area contributed by atoms with E-state index in [1.165, 1.54) is 0 Å². The molecule has 0 aromatic rings. The molecular formula is C10H17NO. The van der Waals surface area contributed by atoms with Crippen LogP contribution in [0.25, 0.3) is 0 Å². The molecule has 0 radical (unpaired) electrons. The zero-order valence-corrected chi connectivity index (χ0v) is 7.46. The van der Waals surface area contributed by atoms with Crippen molar-refractivity contribution in [3.63, 3.8) is 0 Å². The minimum absolute atomic E-state index is 0.602. The second-order valence-electron chi connectivity index (χ2n) is 2.29. The summed E-state index contributed by atoms with van der Waals surface area (Å²) in [6.45, 7) is 8.46. The molecule has 12 heavy (non-hydrogen) atoms. The quantitative estimate of drug-likeness (QED) is 0.340. The van der Waals surface area contributed by atoms with Gasteiger partial charge in [-0.05, 0) is 12.8 Å². The summed E-state index contributed by atoms with van der Waals surface area (Å²) >= 11 is 0. The molecule has 0 aliphatic carbocycles. The third-order valence-electron chi connectivity index (χ3n) is 1.21. The number of hydroxylamine groups is 1. The van der Waals surface area contributed by atoms with Gasteiger partial charge in [-0.25, -0.2) is 0 Å². The fourth-order valence-corrected chi connectivity index (χ4v) is 0.625. The third kappa shape index (κ3) is 9.14. The number of hydrogen-bond donors (Lipinski definition) is 1. The van der Waals surface area contributed by atoms with Crippen LogP contribution in [-0.4, -0.2) is 13.2 Å². The maximum atomic E-state index is 5.02. The zero-order chi connectivity index (χ0) is 9.07. The topological polar surface area (TPSA) is 21.3 Å². The first-order valence-corrected chi connectivity index (χ1v) is 4.13. The van der Waals surface area contributed by atoms with Crippen molar-refractivity contribution in [1.82, 2.24) is 5.48 Å². The SMILES string of the molecule is C=CCC/C=C/CONCC=C. The highest BCUT2D eigenvalue weighted by Crippen LogP contribution is 1.90. The Labute approximate surface area is 74.6 Å². The molecular weight excluding hydrogens is 150 g/mol. The lowest BCUT2D eigenvalue weighted by Gasteiger charge is -1.97. The summed E-state index contributed by atoms with van der Waals surface area (Å²) in [5.41, 5.74) is 2.74. The molecule has 0 atom stereocenters. The van der Waals surface area contributed by atoms with Gasteiger partial charge in [-0.1, -0.05) is 24.3 Å². The van der Waals surface area contributed by atoms with Crippen LogP contribution in [0.15, 0.2) is 37.5 Å². The molecule has 0 aromatic heterocycles. The molecule has 0 aromatic carbocycles. The molecule has 0 fully saturated rings. The lowest BCUT2D eigenvalue weighted by molar-refractivity contribution is 0.0707. The highest BCUT2D eigenvalue weighted by Gasteiger charge is 1.78. The number of hydrogen-bond acceptors (Lipinski definition) is 2. The van der Waals surface area contributed by atoms with Crippen LogP contribution in [0.4, 0.5) is 0 Å². The zero-order valence-electron chi connectivity index (χ0n) is 7.46. The molecule has 0 amide bonds. The van der Waals surface area contributed by atoms with Crippen LogP contribution in [0, 0.1) is 0 Å². The fourth-order valence-electron chi connectivity index (χ4n) is 0.625. The van der Waals surface area contributed by atoms with E-state index in [2.05, 4.69) is 24.7 Å². The highest BCUT2D eigenvalue weighted by molar-refractivity contribution is 4.84. The van der Waals surface area contributed by atoms with Crippen LogP contribution in [0.2, 0.25) is 0 Å². The summed E-state index contributed by atoms with van der Waals surface area (Å²) in [6.07, 6.45) is 9.78. The average molecular weight is 167 g/mol. The van der Waals surface area contributed by atoms with E-state index in [0.717, 1.165) is 12.8 Å². The Morgan fingerprint density at radius 2 is 1.92 bits per heavy atom. The van der Waals surface area contributed by atoms with Gasteiger partial charge in [-0.3, -0.25) is 4.84 Å². The van der Waals surface area contributed by atoms with Crippen molar-refractivity contribution in [2.24, 2.45) is 0 Å². The fraction of sp³-hybridized carbons (Fsp3) is 0.400. The van der Waals surface area contributed by atoms with E-state index in [1.54, 1.807) is 6.08 Å². The second kappa shape index (κ2) is 10.1. The largest absolute Gasteiger partial charge is 0.297 e. The van der Waals surface area contributed by atoms with Crippen LogP contribution in [0.5, 0.6) is 0 Å². The predicted octanol–water partition coefficient (Wildman–Crippen LogP) is 2.22. The van der Waals surface area contributed by atoms with Crippen LogP contribution < -0.4 is 5.48 Å². The molecule has 0 aliphatic heterocycles. The third-order valence-corrected chi connectivity index (χ3v) is 1.21. The van der Waals surface area contributed by atoms with Crippen LogP contribution >= 0.6 is 0 Å². The van der Waals surface area contributed by atoms with E-state index in [9.17, 15) is 0 Å². The maximum absolute atomic E-state index is 5.02. The summed E-state index contributed by atoms with van der Waals surface area (Å²) in [6, 6.07) is 0. The lowest BCUT2D eigenvalue weighted by atomic mass is 10.3. The maximum Gasteiger partial charge on any atom is 0.0863 e. The van der Waals surface area contributed by atoms with Crippen molar-refractivity contribution in [3.8, 4) is 0 Å². The van der Waals surface area contributed by atoms with Gasteiger partial charge in [-0.2, -0.15) is 5.48 Å². The Morgan fingerprint density at radius 1 is 1.08 bits per heavy atom. The molecule has 2 heteroatoms. The van der Waals surface area contributed by atoms with Gasteiger partial charge < -0.3 is 0 Å². The molecule has 2 nitrogen and oxygen atoms in total. The monoisotopic (exact) mass is 167 g/mol. The number of nitrogens with one attached hydrogen (secondary N) is 1. The summed E-state index contributed by atoms with van der Waals surface area (Å²) in [5.74, 6) is 0. The molecule has 68 valence electrons. The first kappa shape index (κ1) is 11.1. The van der Waals surface area contributed by atoms with Crippen LogP contribution in [0.3, 0.4) is 0 Å². The van der Waals surface area contributed by atoms with Crippen LogP contribution in [0.1, 0.15) is 12.8 Å². The normalized spacial score (nSPS) is 10.3.